The molecule has 0 saturated carbocycles. The predicted molar refractivity (Wildman–Crippen MR) is 158 cm³/mol. The van der Waals surface area contributed by atoms with Crippen LogP contribution in [0.5, 0.6) is 5.75 Å². The molecule has 0 aliphatic carbocycles. The van der Waals surface area contributed by atoms with Gasteiger partial charge in [-0.25, -0.2) is 9.59 Å². The molecule has 4 aromatic rings. The second-order valence-corrected chi connectivity index (χ2v) is 9.17. The highest BCUT2D eigenvalue weighted by molar-refractivity contribution is 6.02. The lowest BCUT2D eigenvalue weighted by Gasteiger charge is -2.19. The van der Waals surface area contributed by atoms with Gasteiger partial charge in [-0.3, -0.25) is 0 Å². The number of nitrogens with one attached hydrogen (secondary N) is 2. The zero-order valence-corrected chi connectivity index (χ0v) is 22.1. The summed E-state index contributed by atoms with van der Waals surface area (Å²) >= 11 is 0. The first-order chi connectivity index (χ1) is 18.9. The number of aromatic carboxylic acids is 1. The third kappa shape index (κ3) is 7.36. The topological polar surface area (TPSA) is 87.7 Å². The molecule has 0 bridgehead atoms. The summed E-state index contributed by atoms with van der Waals surface area (Å²) < 4.78 is 6.16. The highest BCUT2D eigenvalue weighted by Gasteiger charge is 2.18. The average Bonchev–Trinajstić information content (AvgIpc) is 2.94. The van der Waals surface area contributed by atoms with E-state index in [1.165, 1.54) is 0 Å². The largest absolute Gasteiger partial charge is 0.491 e. The van der Waals surface area contributed by atoms with E-state index in [9.17, 15) is 14.7 Å². The van der Waals surface area contributed by atoms with Gasteiger partial charge in [0.1, 0.15) is 5.75 Å². The van der Waals surface area contributed by atoms with Crippen LogP contribution in [0.2, 0.25) is 0 Å². The molecule has 0 radical (unpaired) electrons. The molecule has 0 saturated heterocycles. The Morgan fingerprint density at radius 2 is 1.62 bits per heavy atom. The molecule has 6 heteroatoms. The van der Waals surface area contributed by atoms with E-state index in [-0.39, 0.29) is 5.56 Å². The summed E-state index contributed by atoms with van der Waals surface area (Å²) in [6.45, 7) is 4.47. The van der Waals surface area contributed by atoms with E-state index in [4.69, 9.17) is 4.74 Å². The molecule has 0 heterocycles. The van der Waals surface area contributed by atoms with Crippen molar-refractivity contribution in [1.29, 1.82) is 0 Å². The lowest BCUT2D eigenvalue weighted by molar-refractivity contribution is 0.0697. The van der Waals surface area contributed by atoms with Gasteiger partial charge in [0.15, 0.2) is 0 Å². The van der Waals surface area contributed by atoms with Crippen molar-refractivity contribution in [2.45, 2.75) is 26.7 Å². The van der Waals surface area contributed by atoms with E-state index in [0.717, 1.165) is 23.1 Å². The Balaban J connectivity index is 1.76. The number of allylic oxidation sites excluding steroid dienone is 1. The molecule has 4 aromatic carbocycles. The van der Waals surface area contributed by atoms with Crippen LogP contribution in [-0.4, -0.2) is 23.7 Å². The van der Waals surface area contributed by atoms with Crippen molar-refractivity contribution in [3.63, 3.8) is 0 Å². The number of carboxylic acid groups (broad SMARTS) is 1. The molecule has 0 aliphatic heterocycles. The molecule has 0 atom stereocenters. The number of carbonyl (C=O) groups is 2. The van der Waals surface area contributed by atoms with E-state index >= 15 is 0 Å². The van der Waals surface area contributed by atoms with E-state index in [0.29, 0.717) is 41.3 Å². The minimum absolute atomic E-state index is 0.181. The number of anilines is 2. The van der Waals surface area contributed by atoms with Crippen LogP contribution in [-0.2, 0) is 6.42 Å². The molecular weight excluding hydrogens is 488 g/mol. The smallest absolute Gasteiger partial charge is 0.336 e. The Kier molecular flexibility index (Phi) is 9.14. The Morgan fingerprint density at radius 1 is 0.897 bits per heavy atom. The monoisotopic (exact) mass is 520 g/mol. The van der Waals surface area contributed by atoms with Gasteiger partial charge in [-0.15, -0.1) is 0 Å². The second kappa shape index (κ2) is 13.1. The number of carboxylic acids is 1. The molecule has 0 unspecified atom stereocenters. The molecular formula is C33H32N2O4. The van der Waals surface area contributed by atoms with Gasteiger partial charge >= 0.3 is 12.0 Å². The van der Waals surface area contributed by atoms with E-state index < -0.39 is 12.0 Å². The zero-order chi connectivity index (χ0) is 27.6. The van der Waals surface area contributed by atoms with E-state index in [1.807, 2.05) is 86.7 Å². The number of aryl methyl sites for hydroxylation is 1. The van der Waals surface area contributed by atoms with Gasteiger partial charge in [0.05, 0.1) is 17.9 Å². The fraction of sp³-hybridized carbons (Fsp3) is 0.152. The van der Waals surface area contributed by atoms with Gasteiger partial charge < -0.3 is 20.5 Å². The van der Waals surface area contributed by atoms with E-state index in [1.54, 1.807) is 30.3 Å². The number of hydrogen-bond donors (Lipinski definition) is 3. The Labute approximate surface area is 229 Å². The summed E-state index contributed by atoms with van der Waals surface area (Å²) in [5, 5.41) is 15.6. The molecule has 0 fully saturated rings. The standard InChI is InChI=1S/C33H32N2O4/c1-3-20-39-31-25(13-9-12-24-10-5-4-6-11-24)21-26(28-14-7-8-15-29(28)32(36)37)22-30(31)35-33(38)34-27-18-16-23(2)17-19-27/h4-12,14-19,21-22H,3,13,20H2,1-2H3,(H,36,37)(H2,34,35,38)/b12-9+. The maximum atomic E-state index is 13.0. The molecule has 39 heavy (non-hydrogen) atoms. The van der Waals surface area contributed by atoms with Crippen LogP contribution >= 0.6 is 0 Å². The molecule has 6 nitrogen and oxygen atoms in total. The van der Waals surface area contributed by atoms with Crippen LogP contribution in [0.25, 0.3) is 17.2 Å². The molecule has 0 aliphatic rings. The number of urea groups is 1. The van der Waals surface area contributed by atoms with E-state index in [2.05, 4.69) is 10.6 Å². The highest BCUT2D eigenvalue weighted by atomic mass is 16.5. The third-order valence-electron chi connectivity index (χ3n) is 6.09. The van der Waals surface area contributed by atoms with Gasteiger partial charge in [0.25, 0.3) is 0 Å². The van der Waals surface area contributed by atoms with Crippen LogP contribution in [0.3, 0.4) is 0 Å². The summed E-state index contributed by atoms with van der Waals surface area (Å²) in [7, 11) is 0. The SMILES string of the molecule is CCCOc1c(C/C=C/c2ccccc2)cc(-c2ccccc2C(=O)O)cc1NC(=O)Nc1ccc(C)cc1. The van der Waals surface area contributed by atoms with Crippen LogP contribution in [0.15, 0.2) is 97.1 Å². The van der Waals surface area contributed by atoms with Gasteiger partial charge in [-0.2, -0.15) is 0 Å². The number of ether oxygens (including phenoxy) is 1. The second-order valence-electron chi connectivity index (χ2n) is 9.17. The van der Waals surface area contributed by atoms with Gasteiger partial charge in [-0.1, -0.05) is 85.3 Å². The normalized spacial score (nSPS) is 10.8. The van der Waals surface area contributed by atoms with Crippen molar-refractivity contribution < 1.29 is 19.4 Å². The van der Waals surface area contributed by atoms with Crippen molar-refractivity contribution in [3.05, 3.63) is 119 Å². The molecule has 2 amide bonds. The van der Waals surface area contributed by atoms with Gasteiger partial charge in [0, 0.05) is 11.3 Å². The fourth-order valence-electron chi connectivity index (χ4n) is 4.19. The van der Waals surface area contributed by atoms with Gasteiger partial charge in [-0.05, 0) is 66.8 Å². The summed E-state index contributed by atoms with van der Waals surface area (Å²) in [6, 6.07) is 27.6. The van der Waals surface area contributed by atoms with Crippen molar-refractivity contribution in [2.75, 3.05) is 17.2 Å². The first kappa shape index (κ1) is 27.2. The molecule has 0 aromatic heterocycles. The number of hydrogen-bond acceptors (Lipinski definition) is 3. The summed E-state index contributed by atoms with van der Waals surface area (Å²) in [5.74, 6) is -0.459. The third-order valence-corrected chi connectivity index (χ3v) is 6.09. The van der Waals surface area contributed by atoms with Crippen molar-refractivity contribution >= 4 is 29.5 Å². The average molecular weight is 521 g/mol. The molecule has 3 N–H and O–H groups in total. The number of rotatable bonds is 10. The van der Waals surface area contributed by atoms with Gasteiger partial charge in [0.2, 0.25) is 0 Å². The highest BCUT2D eigenvalue weighted by Crippen LogP contribution is 2.37. The molecule has 0 spiro atoms. The van der Waals surface area contributed by atoms with Crippen molar-refractivity contribution in [2.24, 2.45) is 0 Å². The van der Waals surface area contributed by atoms with Crippen molar-refractivity contribution in [3.8, 4) is 16.9 Å². The van der Waals surface area contributed by atoms with Crippen LogP contribution in [0.1, 0.15) is 40.4 Å². The lowest BCUT2D eigenvalue weighted by atomic mass is 9.95. The quantitative estimate of drug-likeness (QED) is 0.197. The molecule has 4 rings (SSSR count). The number of amides is 2. The minimum Gasteiger partial charge on any atom is -0.491 e. The number of carbonyl (C=O) groups excluding carboxylic acids is 1. The summed E-state index contributed by atoms with van der Waals surface area (Å²) in [4.78, 5) is 25.0. The predicted octanol–water partition coefficient (Wildman–Crippen LogP) is 8.05. The summed E-state index contributed by atoms with van der Waals surface area (Å²) in [6.07, 6.45) is 5.37. The van der Waals surface area contributed by atoms with Crippen LogP contribution in [0.4, 0.5) is 16.2 Å². The fourth-order valence-corrected chi connectivity index (χ4v) is 4.19. The first-order valence-electron chi connectivity index (χ1n) is 12.9. The van der Waals surface area contributed by atoms with Crippen molar-refractivity contribution in [1.82, 2.24) is 0 Å². The maximum absolute atomic E-state index is 13.0. The zero-order valence-electron chi connectivity index (χ0n) is 22.1. The summed E-state index contributed by atoms with van der Waals surface area (Å²) in [5.41, 5.74) is 5.53. The lowest BCUT2D eigenvalue weighted by Crippen LogP contribution is -2.20. The first-order valence-corrected chi connectivity index (χ1v) is 12.9. The Bertz CT molecular complexity index is 1460. The van der Waals surface area contributed by atoms with Crippen LogP contribution in [0, 0.1) is 6.92 Å². The number of benzene rings is 4. The van der Waals surface area contributed by atoms with Crippen LogP contribution < -0.4 is 15.4 Å². The maximum Gasteiger partial charge on any atom is 0.336 e. The minimum atomic E-state index is -1.02. The molecule has 198 valence electrons. The Hall–Kier alpha value is -4.84. The Morgan fingerprint density at radius 3 is 2.33 bits per heavy atom.